The molecule has 0 aliphatic carbocycles. The van der Waals surface area contributed by atoms with Crippen LogP contribution in [0.4, 0.5) is 0 Å². The van der Waals surface area contributed by atoms with E-state index in [0.29, 0.717) is 11.1 Å². The Hall–Kier alpha value is -6.85. The summed E-state index contributed by atoms with van der Waals surface area (Å²) in [4.78, 5) is 14.0. The minimum Gasteiger partial charge on any atom is -0.456 e. The summed E-state index contributed by atoms with van der Waals surface area (Å²) in [6.07, 6.45) is 0. The zero-order valence-electron chi connectivity index (χ0n) is 43.5. The van der Waals surface area contributed by atoms with Crippen LogP contribution in [0.15, 0.2) is 174 Å². The molecule has 10 rings (SSSR count). The number of benzene rings is 7. The van der Waals surface area contributed by atoms with Crippen molar-refractivity contribution in [3.05, 3.63) is 169 Å². The van der Waals surface area contributed by atoms with Crippen molar-refractivity contribution in [2.75, 3.05) is 0 Å². The normalized spacial score (nSPS) is 16.6. The average molecular weight is 659 g/mol. The van der Waals surface area contributed by atoms with E-state index in [4.69, 9.17) is 18.1 Å². The lowest BCUT2D eigenvalue weighted by Gasteiger charge is -2.12. The average Bonchev–Trinajstić information content (AvgIpc) is 3.91. The van der Waals surface area contributed by atoms with Crippen LogP contribution in [0, 0.1) is 0 Å². The molecule has 10 aromatic rings. The molecule has 5 heteroatoms. The lowest BCUT2D eigenvalue weighted by atomic mass is 9.99. The fourth-order valence-corrected chi connectivity index (χ4v) is 5.89. The Balaban J connectivity index is 1.40. The lowest BCUT2D eigenvalue weighted by molar-refractivity contribution is 0.669. The molecular weight excluding hydrogens is 613 g/mol. The quantitative estimate of drug-likeness (QED) is 0.185. The highest BCUT2D eigenvalue weighted by Crippen LogP contribution is 2.39. The largest absolute Gasteiger partial charge is 0.456 e. The van der Waals surface area contributed by atoms with E-state index in [0.717, 1.165) is 4.57 Å². The summed E-state index contributed by atoms with van der Waals surface area (Å²) in [7, 11) is 0. The van der Waals surface area contributed by atoms with Crippen LogP contribution in [0.5, 0.6) is 0 Å². The molecule has 0 amide bonds. The van der Waals surface area contributed by atoms with Crippen LogP contribution in [-0.2, 0) is 0 Å². The van der Waals surface area contributed by atoms with Gasteiger partial charge in [0.2, 0.25) is 0 Å². The van der Waals surface area contributed by atoms with E-state index in [9.17, 15) is 11.0 Å². The van der Waals surface area contributed by atoms with Gasteiger partial charge in [0, 0.05) is 43.9 Å². The summed E-state index contributed by atoms with van der Waals surface area (Å²) in [5.74, 6) is -0.0211. The van der Waals surface area contributed by atoms with E-state index >= 15 is 0 Å². The first-order valence-electron chi connectivity index (χ1n) is 24.2. The SMILES string of the molecule is [2H]c1c([2H])c(-c2c([2H])c([2H])c([2H])c3oc4c([2H])c([2H])c([2H])c([2H])c4c23)c([2H])c(-n2c3c([2H])c([2H])c([2H])c([2H])c3c3c([2H])c([2H])c(-c4nc(-c5ccccc5)nc(-c5ccccc5)n4)c([2H])c32)c1[2H]. The minimum absolute atomic E-state index is 0.123. The standard InChI is InChI=1S/C45H28N4O/c1-3-13-29(14-4-1)43-46-44(30-15-5-2-6-16-30)48-45(47-43)32-25-26-36-35-19-7-9-22-38(35)49(39(36)28-32)33-18-11-17-31(27-33)34-21-12-24-41-42(34)37-20-8-10-23-40(37)50-41/h1-28H/i7D,8D,9D,10D,11D,12D,17D,18D,19D,20D,21D,22D,23D,24D,25D,26D,27D,28D. The molecule has 5 nitrogen and oxygen atoms in total. The van der Waals surface area contributed by atoms with Gasteiger partial charge in [-0.2, -0.15) is 0 Å². The Morgan fingerprint density at radius 3 is 1.84 bits per heavy atom. The monoisotopic (exact) mass is 658 g/mol. The summed E-state index contributed by atoms with van der Waals surface area (Å²) in [5.41, 5.74) is -3.13. The summed E-state index contributed by atoms with van der Waals surface area (Å²) in [5, 5.41) is -1.50. The topological polar surface area (TPSA) is 56.7 Å². The van der Waals surface area contributed by atoms with Gasteiger partial charge in [-0.1, -0.05) is 133 Å². The van der Waals surface area contributed by atoms with Crippen LogP contribution in [0.3, 0.4) is 0 Å². The summed E-state index contributed by atoms with van der Waals surface area (Å²) in [6, 6.07) is 3.85. The van der Waals surface area contributed by atoms with Crippen molar-refractivity contribution < 1.29 is 29.1 Å². The number of rotatable bonds is 5. The van der Waals surface area contributed by atoms with Crippen molar-refractivity contribution in [1.29, 1.82) is 0 Å². The predicted molar refractivity (Wildman–Crippen MR) is 203 cm³/mol. The summed E-state index contributed by atoms with van der Waals surface area (Å²) >= 11 is 0. The molecule has 0 aliphatic heterocycles. The molecule has 234 valence electrons. The first-order chi connectivity index (χ1) is 32.3. The van der Waals surface area contributed by atoms with Crippen molar-refractivity contribution >= 4 is 43.7 Å². The minimum atomic E-state index is -0.919. The number of aromatic nitrogens is 4. The molecule has 0 N–H and O–H groups in total. The highest BCUT2D eigenvalue weighted by Gasteiger charge is 2.18. The van der Waals surface area contributed by atoms with E-state index < -0.39 is 148 Å². The maximum atomic E-state index is 9.93. The highest BCUT2D eigenvalue weighted by atomic mass is 16.3. The van der Waals surface area contributed by atoms with Gasteiger partial charge in [-0.25, -0.2) is 15.0 Å². The Kier molecular flexibility index (Phi) is 3.55. The predicted octanol–water partition coefficient (Wildman–Crippen LogP) is 11.5. The molecule has 0 aliphatic rings. The molecule has 0 saturated carbocycles. The molecule has 0 fully saturated rings. The van der Waals surface area contributed by atoms with Gasteiger partial charge in [-0.15, -0.1) is 0 Å². The van der Waals surface area contributed by atoms with Crippen molar-refractivity contribution in [2.45, 2.75) is 0 Å². The molecule has 7 aromatic carbocycles. The third-order valence-electron chi connectivity index (χ3n) is 8.11. The lowest BCUT2D eigenvalue weighted by Crippen LogP contribution is -2.00. The Labute approximate surface area is 313 Å². The van der Waals surface area contributed by atoms with Crippen LogP contribution >= 0.6 is 0 Å². The molecule has 3 aromatic heterocycles. The molecule has 0 spiro atoms. The van der Waals surface area contributed by atoms with Crippen LogP contribution in [0.25, 0.3) is 94.7 Å². The zero-order chi connectivity index (χ0) is 48.7. The molecule has 0 atom stereocenters. The zero-order valence-corrected chi connectivity index (χ0v) is 25.5. The van der Waals surface area contributed by atoms with Crippen LogP contribution in [-0.4, -0.2) is 19.5 Å². The summed E-state index contributed by atoms with van der Waals surface area (Å²) in [6.45, 7) is 0. The molecule has 50 heavy (non-hydrogen) atoms. The number of hydrogen-bond acceptors (Lipinski definition) is 4. The first-order valence-corrected chi connectivity index (χ1v) is 15.2. The molecular formula is C45H28N4O. The van der Waals surface area contributed by atoms with Gasteiger partial charge in [0.25, 0.3) is 0 Å². The van der Waals surface area contributed by atoms with Crippen LogP contribution in [0.1, 0.15) is 24.7 Å². The van der Waals surface area contributed by atoms with E-state index in [-0.39, 0.29) is 44.6 Å². The molecule has 3 heterocycles. The number of nitrogens with zero attached hydrogens (tertiary/aromatic N) is 4. The molecule has 0 radical (unpaired) electrons. The fraction of sp³-hybridized carbons (Fsp3) is 0. The first kappa shape index (κ1) is 15.6. The molecule has 0 unspecified atom stereocenters. The number of fused-ring (bicyclic) bond motifs is 6. The third-order valence-corrected chi connectivity index (χ3v) is 8.11. The van der Waals surface area contributed by atoms with Gasteiger partial charge in [-0.3, -0.25) is 0 Å². The van der Waals surface area contributed by atoms with Crippen molar-refractivity contribution in [3.63, 3.8) is 0 Å². The maximum absolute atomic E-state index is 9.93. The van der Waals surface area contributed by atoms with Gasteiger partial charge >= 0.3 is 0 Å². The fourth-order valence-electron chi connectivity index (χ4n) is 5.89. The second-order valence-corrected chi connectivity index (χ2v) is 11.1. The number of furan rings is 1. The third kappa shape index (κ3) is 4.60. The van der Waals surface area contributed by atoms with Gasteiger partial charge in [0.15, 0.2) is 17.5 Å². The van der Waals surface area contributed by atoms with Gasteiger partial charge in [-0.05, 0) is 47.4 Å². The van der Waals surface area contributed by atoms with Crippen LogP contribution in [0.2, 0.25) is 0 Å². The van der Waals surface area contributed by atoms with Crippen molar-refractivity contribution in [1.82, 2.24) is 19.5 Å². The van der Waals surface area contributed by atoms with Gasteiger partial charge in [0.1, 0.15) is 11.2 Å². The maximum Gasteiger partial charge on any atom is 0.164 e. The van der Waals surface area contributed by atoms with Crippen molar-refractivity contribution in [3.8, 4) is 51.0 Å². The molecule has 0 bridgehead atoms. The summed E-state index contributed by atoms with van der Waals surface area (Å²) < 4.78 is 170. The van der Waals surface area contributed by atoms with E-state index in [1.165, 1.54) is 0 Å². The second kappa shape index (κ2) is 11.4. The number of para-hydroxylation sites is 2. The smallest absolute Gasteiger partial charge is 0.164 e. The van der Waals surface area contributed by atoms with Crippen molar-refractivity contribution in [2.24, 2.45) is 0 Å². The second-order valence-electron chi connectivity index (χ2n) is 11.1. The van der Waals surface area contributed by atoms with Crippen LogP contribution < -0.4 is 0 Å². The Morgan fingerprint density at radius 1 is 0.460 bits per heavy atom. The van der Waals surface area contributed by atoms with E-state index in [2.05, 4.69) is 15.0 Å². The van der Waals surface area contributed by atoms with Gasteiger partial charge in [0.05, 0.1) is 35.7 Å². The van der Waals surface area contributed by atoms with E-state index in [1.54, 1.807) is 60.7 Å². The van der Waals surface area contributed by atoms with Gasteiger partial charge < -0.3 is 8.98 Å². The Morgan fingerprint density at radius 2 is 1.08 bits per heavy atom. The molecule has 0 saturated heterocycles. The van der Waals surface area contributed by atoms with E-state index in [1.807, 2.05) is 0 Å². The Bertz CT molecular complexity index is 3840. The number of hydrogen-bond donors (Lipinski definition) is 0. The highest BCUT2D eigenvalue weighted by molar-refractivity contribution is 6.13.